The Balaban J connectivity index is 1.53. The number of nitrogens with one attached hydrogen (secondary N) is 2. The number of carbonyl (C=O) groups excluding carboxylic acids is 2. The Bertz CT molecular complexity index is 1510. The van der Waals surface area contributed by atoms with Gasteiger partial charge in [0.25, 0.3) is 5.91 Å². The maximum Gasteiger partial charge on any atom is 0.324 e. The number of hydrogen-bond donors (Lipinski definition) is 3. The Hall–Kier alpha value is -4.15. The number of benzene rings is 2. The normalized spacial score (nSPS) is 11.2. The lowest BCUT2D eigenvalue weighted by Gasteiger charge is -2.14. The fourth-order valence-electron chi connectivity index (χ4n) is 3.37. The third-order valence-electron chi connectivity index (χ3n) is 5.22. The smallest absolute Gasteiger partial charge is 0.324 e. The number of primary amides is 1. The summed E-state index contributed by atoms with van der Waals surface area (Å²) in [5.74, 6) is -0.750. The summed E-state index contributed by atoms with van der Waals surface area (Å²) in [4.78, 5) is 27.9. The summed E-state index contributed by atoms with van der Waals surface area (Å²) in [6.07, 6.45) is 1.35. The summed E-state index contributed by atoms with van der Waals surface area (Å²) >= 11 is 12.3. The van der Waals surface area contributed by atoms with Crippen LogP contribution in [0.2, 0.25) is 10.0 Å². The van der Waals surface area contributed by atoms with E-state index in [2.05, 4.69) is 20.7 Å². The maximum atomic E-state index is 14.8. The lowest BCUT2D eigenvalue weighted by molar-refractivity contribution is 0.0995. The third kappa shape index (κ3) is 6.39. The van der Waals surface area contributed by atoms with Gasteiger partial charge < -0.3 is 15.8 Å². The molecule has 4 rings (SSSR count). The highest BCUT2D eigenvalue weighted by molar-refractivity contribution is 6.34. The van der Waals surface area contributed by atoms with Crippen LogP contribution in [-0.2, 0) is 5.41 Å². The number of amides is 3. The number of nitrogens with zero attached hydrogens (tertiary/aromatic N) is 3. The van der Waals surface area contributed by atoms with Crippen molar-refractivity contribution in [2.45, 2.75) is 26.2 Å². The summed E-state index contributed by atoms with van der Waals surface area (Å²) in [7, 11) is 0. The van der Waals surface area contributed by atoms with Gasteiger partial charge in [-0.3, -0.25) is 15.1 Å². The van der Waals surface area contributed by atoms with Crippen molar-refractivity contribution in [2.24, 2.45) is 5.73 Å². The quantitative estimate of drug-likeness (QED) is 0.248. The average Bonchev–Trinajstić information content (AvgIpc) is 3.25. The van der Waals surface area contributed by atoms with Gasteiger partial charge in [-0.2, -0.15) is 5.10 Å². The number of anilines is 2. The molecule has 0 aliphatic carbocycles. The van der Waals surface area contributed by atoms with Crippen LogP contribution in [0.1, 0.15) is 37.0 Å². The first-order valence-corrected chi connectivity index (χ1v) is 12.0. The van der Waals surface area contributed by atoms with E-state index in [-0.39, 0.29) is 28.3 Å². The standard InChI is InChI=1S/C26H23Cl2FN6O3/c1-26(2,3)22-13-23(35(34-22)16-9-14(27)8-15(28)10-16)33-25(37)32-20-5-4-17(11-19(20)29)38-18-6-7-31-21(12-18)24(30)36/h4-13H,1-3H3,(H2,30,36)(H2,32,33,37). The summed E-state index contributed by atoms with van der Waals surface area (Å²) in [6, 6.07) is 12.6. The van der Waals surface area contributed by atoms with Gasteiger partial charge in [0.15, 0.2) is 0 Å². The lowest BCUT2D eigenvalue weighted by Crippen LogP contribution is -2.22. The van der Waals surface area contributed by atoms with Crippen LogP contribution >= 0.6 is 23.2 Å². The molecule has 12 heteroatoms. The molecule has 0 aliphatic heterocycles. The second-order valence-corrected chi connectivity index (χ2v) is 10.1. The van der Waals surface area contributed by atoms with Gasteiger partial charge in [-0.15, -0.1) is 0 Å². The first kappa shape index (κ1) is 26.9. The Labute approximate surface area is 227 Å². The summed E-state index contributed by atoms with van der Waals surface area (Å²) in [5, 5.41) is 10.6. The zero-order valence-electron chi connectivity index (χ0n) is 20.6. The minimum atomic E-state index is -0.743. The van der Waals surface area contributed by atoms with Gasteiger partial charge in [0.2, 0.25) is 0 Å². The number of rotatable bonds is 6. The molecule has 0 fully saturated rings. The number of ether oxygens (including phenoxy) is 1. The molecule has 38 heavy (non-hydrogen) atoms. The number of pyridine rings is 1. The number of halogens is 3. The predicted octanol–water partition coefficient (Wildman–Crippen LogP) is 6.55. The highest BCUT2D eigenvalue weighted by Gasteiger charge is 2.22. The van der Waals surface area contributed by atoms with E-state index in [1.165, 1.54) is 35.1 Å². The number of urea groups is 1. The predicted molar refractivity (Wildman–Crippen MR) is 144 cm³/mol. The molecule has 196 valence electrons. The van der Waals surface area contributed by atoms with Crippen LogP contribution in [0.15, 0.2) is 60.8 Å². The van der Waals surface area contributed by atoms with Crippen molar-refractivity contribution in [1.82, 2.24) is 14.8 Å². The molecule has 2 aromatic heterocycles. The molecule has 2 heterocycles. The maximum absolute atomic E-state index is 14.8. The Kier molecular flexibility index (Phi) is 7.56. The van der Waals surface area contributed by atoms with E-state index >= 15 is 0 Å². The molecule has 0 spiro atoms. The topological polar surface area (TPSA) is 124 Å². The zero-order chi connectivity index (χ0) is 27.6. The minimum absolute atomic E-state index is 0.00633. The van der Waals surface area contributed by atoms with Crippen molar-refractivity contribution < 1.29 is 18.7 Å². The van der Waals surface area contributed by atoms with E-state index < -0.39 is 17.8 Å². The summed E-state index contributed by atoms with van der Waals surface area (Å²) in [5.41, 5.74) is 6.05. The average molecular weight is 557 g/mol. The van der Waals surface area contributed by atoms with E-state index in [4.69, 9.17) is 33.7 Å². The molecule has 9 nitrogen and oxygen atoms in total. The fourth-order valence-corrected chi connectivity index (χ4v) is 3.89. The van der Waals surface area contributed by atoms with E-state index in [0.29, 0.717) is 27.2 Å². The van der Waals surface area contributed by atoms with E-state index in [0.717, 1.165) is 6.07 Å². The van der Waals surface area contributed by atoms with Crippen LogP contribution in [0, 0.1) is 5.82 Å². The molecule has 0 radical (unpaired) electrons. The fraction of sp³-hybridized carbons (Fsp3) is 0.154. The molecule has 0 atom stereocenters. The van der Waals surface area contributed by atoms with Crippen LogP contribution < -0.4 is 21.1 Å². The molecular formula is C26H23Cl2FN6O3. The van der Waals surface area contributed by atoms with Crippen molar-refractivity contribution in [3.8, 4) is 17.2 Å². The second kappa shape index (κ2) is 10.7. The van der Waals surface area contributed by atoms with Gasteiger partial charge in [-0.05, 0) is 36.4 Å². The van der Waals surface area contributed by atoms with E-state index in [1.807, 2.05) is 20.8 Å². The third-order valence-corrected chi connectivity index (χ3v) is 5.66. The van der Waals surface area contributed by atoms with E-state index in [1.54, 1.807) is 24.3 Å². The second-order valence-electron chi connectivity index (χ2n) is 9.27. The molecule has 0 saturated carbocycles. The molecule has 0 saturated heterocycles. The van der Waals surface area contributed by atoms with Crippen molar-refractivity contribution in [1.29, 1.82) is 0 Å². The van der Waals surface area contributed by atoms with Crippen molar-refractivity contribution in [3.63, 3.8) is 0 Å². The Morgan fingerprint density at radius 3 is 2.29 bits per heavy atom. The van der Waals surface area contributed by atoms with Gasteiger partial charge in [-0.25, -0.2) is 13.9 Å². The van der Waals surface area contributed by atoms with Gasteiger partial charge in [0.1, 0.15) is 28.8 Å². The van der Waals surface area contributed by atoms with Gasteiger partial charge in [-0.1, -0.05) is 44.0 Å². The molecule has 0 aliphatic rings. The molecule has 0 bridgehead atoms. The highest BCUT2D eigenvalue weighted by atomic mass is 35.5. The first-order chi connectivity index (χ1) is 17.9. The number of aromatic nitrogens is 3. The molecule has 3 amide bonds. The Morgan fingerprint density at radius 2 is 1.66 bits per heavy atom. The number of nitrogens with two attached hydrogens (primary N) is 1. The van der Waals surface area contributed by atoms with E-state index in [9.17, 15) is 14.0 Å². The molecule has 4 N–H and O–H groups in total. The van der Waals surface area contributed by atoms with Crippen molar-refractivity contribution in [2.75, 3.05) is 10.6 Å². The summed E-state index contributed by atoms with van der Waals surface area (Å²) < 4.78 is 21.9. The SMILES string of the molecule is CC(C)(C)c1cc(NC(=O)Nc2ccc(Oc3ccnc(C(N)=O)c3)cc2F)n(-c2cc(Cl)cc(Cl)c2)n1. The Morgan fingerprint density at radius 1 is 0.974 bits per heavy atom. The number of hydrogen-bond acceptors (Lipinski definition) is 5. The van der Waals surface area contributed by atoms with Crippen molar-refractivity contribution >= 4 is 46.6 Å². The first-order valence-electron chi connectivity index (χ1n) is 11.3. The van der Waals surface area contributed by atoms with Crippen LogP contribution in [0.5, 0.6) is 11.5 Å². The van der Waals surface area contributed by atoms with Gasteiger partial charge >= 0.3 is 6.03 Å². The van der Waals surface area contributed by atoms with Gasteiger partial charge in [0.05, 0.1) is 17.1 Å². The van der Waals surface area contributed by atoms with Crippen LogP contribution in [0.3, 0.4) is 0 Å². The molecule has 0 unspecified atom stereocenters. The zero-order valence-corrected chi connectivity index (χ0v) is 22.1. The van der Waals surface area contributed by atoms with Crippen LogP contribution in [-0.4, -0.2) is 26.7 Å². The number of carbonyl (C=O) groups is 2. The lowest BCUT2D eigenvalue weighted by atomic mass is 9.92. The van der Waals surface area contributed by atoms with Crippen LogP contribution in [0.25, 0.3) is 5.69 Å². The molecular weight excluding hydrogens is 534 g/mol. The van der Waals surface area contributed by atoms with Crippen LogP contribution in [0.4, 0.5) is 20.7 Å². The van der Waals surface area contributed by atoms with Crippen molar-refractivity contribution in [3.05, 3.63) is 88.0 Å². The molecule has 4 aromatic rings. The van der Waals surface area contributed by atoms with Gasteiger partial charge in [0, 0.05) is 39.9 Å². The summed E-state index contributed by atoms with van der Waals surface area (Å²) in [6.45, 7) is 5.94. The molecule has 2 aromatic carbocycles. The largest absolute Gasteiger partial charge is 0.457 e. The highest BCUT2D eigenvalue weighted by Crippen LogP contribution is 2.30. The minimum Gasteiger partial charge on any atom is -0.457 e. The monoisotopic (exact) mass is 556 g/mol.